The Morgan fingerprint density at radius 1 is 1.25 bits per heavy atom. The first kappa shape index (κ1) is 16.0. The molecule has 0 aliphatic heterocycles. The molecular weight excluding hydrogens is 266 g/mol. The summed E-state index contributed by atoms with van der Waals surface area (Å²) in [7, 11) is 0. The summed E-state index contributed by atoms with van der Waals surface area (Å²) < 4.78 is 0. The smallest absolute Gasteiger partial charge is 0.220 e. The van der Waals surface area contributed by atoms with E-state index in [4.69, 9.17) is 0 Å². The molecule has 0 fully saturated rings. The van der Waals surface area contributed by atoms with E-state index >= 15 is 0 Å². The Morgan fingerprint density at radius 2 is 1.75 bits per heavy atom. The second-order valence-corrected chi connectivity index (χ2v) is 7.11. The predicted octanol–water partition coefficient (Wildman–Crippen LogP) is 3.60. The Hall–Kier alpha value is -0.0500. The van der Waals surface area contributed by atoms with Crippen LogP contribution in [0.5, 0.6) is 0 Å². The van der Waals surface area contributed by atoms with Gasteiger partial charge in [-0.1, -0.05) is 57.5 Å². The summed E-state index contributed by atoms with van der Waals surface area (Å²) in [6.45, 7) is 13.7. The van der Waals surface area contributed by atoms with Crippen molar-refractivity contribution >= 4 is 21.8 Å². The summed E-state index contributed by atoms with van der Waals surface area (Å²) in [5.41, 5.74) is 0.322. The lowest BCUT2D eigenvalue weighted by Gasteiger charge is -2.27. The third kappa shape index (κ3) is 6.51. The van der Waals surface area contributed by atoms with Crippen LogP contribution in [0.25, 0.3) is 0 Å². The molecule has 1 amide bonds. The fourth-order valence-corrected chi connectivity index (χ4v) is 1.24. The minimum absolute atomic E-state index is 0.126. The van der Waals surface area contributed by atoms with Gasteiger partial charge in [0.05, 0.1) is 0 Å². The number of nitrogens with one attached hydrogen (secondary N) is 1. The van der Waals surface area contributed by atoms with Gasteiger partial charge in [-0.15, -0.1) is 0 Å². The molecule has 0 rings (SSSR count). The van der Waals surface area contributed by atoms with Gasteiger partial charge in [-0.3, -0.25) is 4.79 Å². The van der Waals surface area contributed by atoms with Crippen LogP contribution in [0.15, 0.2) is 0 Å². The molecule has 1 unspecified atom stereocenters. The lowest BCUT2D eigenvalue weighted by molar-refractivity contribution is -0.123. The normalized spacial score (nSPS) is 14.7. The van der Waals surface area contributed by atoms with E-state index in [1.165, 1.54) is 0 Å². The first-order valence-corrected chi connectivity index (χ1v) is 7.03. The molecule has 1 atom stereocenters. The highest BCUT2D eigenvalue weighted by atomic mass is 79.9. The van der Waals surface area contributed by atoms with E-state index in [0.717, 1.165) is 11.9 Å². The Kier molecular flexibility index (Phi) is 6.02. The molecule has 0 heterocycles. The van der Waals surface area contributed by atoms with Gasteiger partial charge in [-0.25, -0.2) is 0 Å². The molecule has 0 aromatic rings. The molecule has 0 aromatic carbocycles. The van der Waals surface area contributed by atoms with Gasteiger partial charge in [0.25, 0.3) is 0 Å². The van der Waals surface area contributed by atoms with Crippen molar-refractivity contribution in [1.29, 1.82) is 0 Å². The molecule has 0 aromatic heterocycles. The first-order valence-electron chi connectivity index (χ1n) is 5.91. The third-order valence-corrected chi connectivity index (χ3v) is 4.61. The number of carbonyl (C=O) groups excluding carboxylic acids is 1. The molecular formula is C13H26BrNO. The maximum Gasteiger partial charge on any atom is 0.220 e. The van der Waals surface area contributed by atoms with Crippen LogP contribution in [0, 0.1) is 16.7 Å². The van der Waals surface area contributed by atoms with Gasteiger partial charge < -0.3 is 5.32 Å². The lowest BCUT2D eigenvalue weighted by atomic mass is 9.80. The summed E-state index contributed by atoms with van der Waals surface area (Å²) in [5.74, 6) is 0.566. The Bertz CT molecular complexity index is 231. The number of hydrogen-bond acceptors (Lipinski definition) is 1. The second-order valence-electron chi connectivity index (χ2n) is 6.55. The molecule has 2 nitrogen and oxygen atoms in total. The minimum atomic E-state index is 0.126. The van der Waals surface area contributed by atoms with Crippen LogP contribution in [-0.2, 0) is 4.79 Å². The standard InChI is InChI=1S/C13H26BrNO/c1-10(12(2,3)4)7-11(16)15-9-13(5,6)8-14/h10H,7-9H2,1-6H3,(H,15,16). The van der Waals surface area contributed by atoms with Crippen molar-refractivity contribution in [2.24, 2.45) is 16.7 Å². The third-order valence-electron chi connectivity index (χ3n) is 3.10. The van der Waals surface area contributed by atoms with Gasteiger partial charge in [0, 0.05) is 18.3 Å². The molecule has 1 N–H and O–H groups in total. The van der Waals surface area contributed by atoms with E-state index in [1.54, 1.807) is 0 Å². The van der Waals surface area contributed by atoms with Crippen molar-refractivity contribution in [3.05, 3.63) is 0 Å². The van der Waals surface area contributed by atoms with E-state index in [1.807, 2.05) is 0 Å². The van der Waals surface area contributed by atoms with E-state index < -0.39 is 0 Å². The summed E-state index contributed by atoms with van der Waals surface area (Å²) in [6.07, 6.45) is 0.613. The average molecular weight is 292 g/mol. The fraction of sp³-hybridized carbons (Fsp3) is 0.923. The number of amides is 1. The van der Waals surface area contributed by atoms with E-state index in [9.17, 15) is 4.79 Å². The summed E-state index contributed by atoms with van der Waals surface area (Å²) >= 11 is 3.45. The van der Waals surface area contributed by atoms with Crippen LogP contribution < -0.4 is 5.32 Å². The van der Waals surface area contributed by atoms with Crippen LogP contribution in [-0.4, -0.2) is 17.8 Å². The van der Waals surface area contributed by atoms with Gasteiger partial charge in [0.1, 0.15) is 0 Å². The van der Waals surface area contributed by atoms with Crippen LogP contribution in [0.3, 0.4) is 0 Å². The Balaban J connectivity index is 4.02. The van der Waals surface area contributed by atoms with Gasteiger partial charge >= 0.3 is 0 Å². The highest BCUT2D eigenvalue weighted by Crippen LogP contribution is 2.27. The largest absolute Gasteiger partial charge is 0.356 e. The second kappa shape index (κ2) is 6.04. The van der Waals surface area contributed by atoms with E-state index in [0.29, 0.717) is 12.3 Å². The number of hydrogen-bond donors (Lipinski definition) is 1. The zero-order chi connectivity index (χ0) is 13.0. The Morgan fingerprint density at radius 3 is 2.12 bits per heavy atom. The maximum atomic E-state index is 11.7. The molecule has 0 aliphatic carbocycles. The fourth-order valence-electron chi connectivity index (χ4n) is 1.04. The van der Waals surface area contributed by atoms with Crippen molar-refractivity contribution in [3.8, 4) is 0 Å². The summed E-state index contributed by atoms with van der Waals surface area (Å²) in [6, 6.07) is 0. The zero-order valence-electron chi connectivity index (χ0n) is 11.5. The molecule has 0 radical (unpaired) electrons. The molecule has 0 bridgehead atoms. The van der Waals surface area contributed by atoms with Crippen molar-refractivity contribution in [2.75, 3.05) is 11.9 Å². The average Bonchev–Trinajstić information content (AvgIpc) is 2.13. The molecule has 0 spiro atoms. The van der Waals surface area contributed by atoms with Crippen molar-refractivity contribution in [1.82, 2.24) is 5.32 Å². The Labute approximate surface area is 109 Å². The van der Waals surface area contributed by atoms with Gasteiger partial charge in [-0.2, -0.15) is 0 Å². The minimum Gasteiger partial charge on any atom is -0.356 e. The number of carbonyl (C=O) groups is 1. The maximum absolute atomic E-state index is 11.7. The lowest BCUT2D eigenvalue weighted by Crippen LogP contribution is -2.36. The molecule has 0 saturated heterocycles. The summed E-state index contributed by atoms with van der Waals surface area (Å²) in [4.78, 5) is 11.7. The van der Waals surface area contributed by atoms with Gasteiger partial charge in [0.2, 0.25) is 5.91 Å². The van der Waals surface area contributed by atoms with Gasteiger partial charge in [0.15, 0.2) is 0 Å². The SMILES string of the molecule is CC(CC(=O)NCC(C)(C)CBr)C(C)(C)C. The van der Waals surface area contributed by atoms with Crippen molar-refractivity contribution < 1.29 is 4.79 Å². The number of rotatable bonds is 5. The molecule has 16 heavy (non-hydrogen) atoms. The predicted molar refractivity (Wildman–Crippen MR) is 73.8 cm³/mol. The zero-order valence-corrected chi connectivity index (χ0v) is 13.1. The van der Waals surface area contributed by atoms with Crippen LogP contribution >= 0.6 is 15.9 Å². The van der Waals surface area contributed by atoms with E-state index in [2.05, 4.69) is 62.8 Å². The van der Waals surface area contributed by atoms with Crippen molar-refractivity contribution in [2.45, 2.75) is 48.0 Å². The number of alkyl halides is 1. The number of halogens is 1. The molecule has 3 heteroatoms. The molecule has 0 saturated carbocycles. The van der Waals surface area contributed by atoms with Crippen LogP contribution in [0.1, 0.15) is 48.0 Å². The van der Waals surface area contributed by atoms with Gasteiger partial charge in [-0.05, 0) is 16.7 Å². The highest BCUT2D eigenvalue weighted by Gasteiger charge is 2.23. The molecule has 0 aliphatic rings. The van der Waals surface area contributed by atoms with Crippen LogP contribution in [0.4, 0.5) is 0 Å². The van der Waals surface area contributed by atoms with Crippen molar-refractivity contribution in [3.63, 3.8) is 0 Å². The van der Waals surface area contributed by atoms with Crippen LogP contribution in [0.2, 0.25) is 0 Å². The topological polar surface area (TPSA) is 29.1 Å². The summed E-state index contributed by atoms with van der Waals surface area (Å²) in [5, 5.41) is 3.91. The van der Waals surface area contributed by atoms with E-state index in [-0.39, 0.29) is 16.7 Å². The highest BCUT2D eigenvalue weighted by molar-refractivity contribution is 9.09. The first-order chi connectivity index (χ1) is 7.08. The molecule has 96 valence electrons. The monoisotopic (exact) mass is 291 g/mol. The quantitative estimate of drug-likeness (QED) is 0.771.